The summed E-state index contributed by atoms with van der Waals surface area (Å²) in [5, 5.41) is 0. The number of carbonyl (C=O) groups is 2. The Morgan fingerprint density at radius 1 is 1.07 bits per heavy atom. The number of carbonyl (C=O) groups excluding carboxylic acids is 2. The number of aryl methyl sites for hydroxylation is 3. The number of fused-ring (bicyclic) bond motifs is 1. The predicted octanol–water partition coefficient (Wildman–Crippen LogP) is 3.99. The van der Waals surface area contributed by atoms with Gasteiger partial charge in [-0.2, -0.15) is 0 Å². The number of Topliss-reactive ketones (excluding diaryl/α,β-unsaturated/α-hetero) is 2. The van der Waals surface area contributed by atoms with Crippen LogP contribution in [0, 0.1) is 13.8 Å². The van der Waals surface area contributed by atoms with Crippen molar-refractivity contribution < 1.29 is 9.59 Å². The van der Waals surface area contributed by atoms with E-state index in [1.807, 2.05) is 31.3 Å². The van der Waals surface area contributed by atoms with E-state index in [1.165, 1.54) is 18.1 Å². The molecule has 2 aromatic carbocycles. The Bertz CT molecular complexity index is 1130. The molecule has 0 amide bonds. The van der Waals surface area contributed by atoms with E-state index in [4.69, 9.17) is 0 Å². The van der Waals surface area contributed by atoms with Gasteiger partial charge in [0.25, 0.3) is 0 Å². The summed E-state index contributed by atoms with van der Waals surface area (Å²) in [5.74, 6) is 0.500. The molecule has 0 saturated carbocycles. The third kappa shape index (κ3) is 4.20. The molecular formula is C25H25N3O2. The molecule has 0 fully saturated rings. The van der Waals surface area contributed by atoms with E-state index in [-0.39, 0.29) is 18.0 Å². The maximum absolute atomic E-state index is 12.7. The molecule has 30 heavy (non-hydrogen) atoms. The van der Waals surface area contributed by atoms with Crippen molar-refractivity contribution in [1.82, 2.24) is 0 Å². The van der Waals surface area contributed by atoms with Gasteiger partial charge in [-0.1, -0.05) is 24.3 Å². The van der Waals surface area contributed by atoms with Crippen LogP contribution in [-0.4, -0.2) is 35.4 Å². The van der Waals surface area contributed by atoms with E-state index in [0.29, 0.717) is 24.4 Å². The maximum Gasteiger partial charge on any atom is 0.176 e. The van der Waals surface area contributed by atoms with Crippen LogP contribution in [0.25, 0.3) is 0 Å². The fraction of sp³-hybridized carbons (Fsp3) is 0.320. The van der Waals surface area contributed by atoms with Crippen LogP contribution in [-0.2, 0) is 22.6 Å². The highest BCUT2D eigenvalue weighted by Crippen LogP contribution is 2.21. The summed E-state index contributed by atoms with van der Waals surface area (Å²) < 4.78 is 0. The molecule has 5 heteroatoms. The number of amidine groups is 1. The topological polar surface area (TPSA) is 71.2 Å². The van der Waals surface area contributed by atoms with Gasteiger partial charge in [0.1, 0.15) is 17.5 Å². The first-order valence-electron chi connectivity index (χ1n) is 10.3. The minimum atomic E-state index is -0.487. The van der Waals surface area contributed by atoms with Gasteiger partial charge in [0.2, 0.25) is 0 Å². The molecule has 0 aromatic heterocycles. The number of rotatable bonds is 7. The van der Waals surface area contributed by atoms with E-state index in [0.717, 1.165) is 28.8 Å². The summed E-state index contributed by atoms with van der Waals surface area (Å²) in [4.78, 5) is 38.1. The highest BCUT2D eigenvalue weighted by Gasteiger charge is 2.28. The van der Waals surface area contributed by atoms with Gasteiger partial charge >= 0.3 is 0 Å². The van der Waals surface area contributed by atoms with E-state index >= 15 is 0 Å². The summed E-state index contributed by atoms with van der Waals surface area (Å²) in [6, 6.07) is 11.8. The number of hydrogen-bond acceptors (Lipinski definition) is 5. The van der Waals surface area contributed by atoms with Gasteiger partial charge in [0, 0.05) is 31.5 Å². The number of hydrogen-bond donors (Lipinski definition) is 0. The Morgan fingerprint density at radius 3 is 2.67 bits per heavy atom. The van der Waals surface area contributed by atoms with Gasteiger partial charge in [-0.15, -0.1) is 0 Å². The van der Waals surface area contributed by atoms with Crippen LogP contribution in [0.4, 0.5) is 0 Å². The predicted molar refractivity (Wildman–Crippen MR) is 120 cm³/mol. The molecule has 152 valence electrons. The number of benzene rings is 2. The van der Waals surface area contributed by atoms with Crippen LogP contribution in [0.3, 0.4) is 0 Å². The second kappa shape index (κ2) is 8.27. The van der Waals surface area contributed by atoms with Gasteiger partial charge < -0.3 is 0 Å². The lowest BCUT2D eigenvalue weighted by molar-refractivity contribution is -0.119. The third-order valence-corrected chi connectivity index (χ3v) is 5.76. The Morgan fingerprint density at radius 2 is 1.90 bits per heavy atom. The smallest absolute Gasteiger partial charge is 0.176 e. The van der Waals surface area contributed by atoms with Crippen molar-refractivity contribution in [3.8, 4) is 0 Å². The second-order valence-electron chi connectivity index (χ2n) is 8.07. The molecule has 2 aliphatic rings. The molecule has 4 rings (SSSR count). The zero-order valence-electron chi connectivity index (χ0n) is 17.6. The van der Waals surface area contributed by atoms with Crippen molar-refractivity contribution in [2.75, 3.05) is 0 Å². The number of aliphatic imine (C=N–C) groups is 3. The standard InChI is InChI=1S/C25H25N3O2/c1-15-4-7-19(10-16(15)2)25-27-23(24(28-25)17(3)29)12-22(30)9-6-18-5-8-20-13-26-14-21(20)11-18/h4-5,7-8,10-11,14,23H,6,9,12-13H2,1-3H3. The molecule has 0 N–H and O–H groups in total. The average Bonchev–Trinajstić information content (AvgIpc) is 3.35. The first kappa shape index (κ1) is 20.1. The quantitative estimate of drug-likeness (QED) is 0.706. The lowest BCUT2D eigenvalue weighted by Crippen LogP contribution is -2.25. The van der Waals surface area contributed by atoms with E-state index in [9.17, 15) is 9.59 Å². The Labute approximate surface area is 176 Å². The monoisotopic (exact) mass is 399 g/mol. The molecule has 2 aliphatic heterocycles. The maximum atomic E-state index is 12.7. The molecule has 0 radical (unpaired) electrons. The number of nitrogens with zero attached hydrogens (tertiary/aromatic N) is 3. The molecule has 5 nitrogen and oxygen atoms in total. The van der Waals surface area contributed by atoms with E-state index < -0.39 is 6.04 Å². The molecule has 0 bridgehead atoms. The number of ketones is 2. The van der Waals surface area contributed by atoms with Crippen molar-refractivity contribution >= 4 is 29.3 Å². The van der Waals surface area contributed by atoms with Gasteiger partial charge in [0.15, 0.2) is 11.6 Å². The summed E-state index contributed by atoms with van der Waals surface area (Å²) in [6.07, 6.45) is 3.19. The lowest BCUT2D eigenvalue weighted by Gasteiger charge is -2.08. The first-order valence-corrected chi connectivity index (χ1v) is 10.3. The largest absolute Gasteiger partial charge is 0.300 e. The summed E-state index contributed by atoms with van der Waals surface area (Å²) in [7, 11) is 0. The van der Waals surface area contributed by atoms with E-state index in [2.05, 4.69) is 40.1 Å². The molecule has 2 aromatic rings. The van der Waals surface area contributed by atoms with Crippen LogP contribution in [0.2, 0.25) is 0 Å². The molecule has 2 heterocycles. The highest BCUT2D eigenvalue weighted by atomic mass is 16.1. The van der Waals surface area contributed by atoms with Gasteiger partial charge in [-0.05, 0) is 60.2 Å². The van der Waals surface area contributed by atoms with Gasteiger partial charge in [0.05, 0.1) is 6.54 Å². The second-order valence-corrected chi connectivity index (χ2v) is 8.07. The molecule has 1 atom stereocenters. The summed E-state index contributed by atoms with van der Waals surface area (Å²) in [5.41, 5.74) is 7.10. The van der Waals surface area contributed by atoms with Gasteiger partial charge in [-0.3, -0.25) is 19.6 Å². The van der Waals surface area contributed by atoms with Crippen molar-refractivity contribution in [2.24, 2.45) is 15.0 Å². The highest BCUT2D eigenvalue weighted by molar-refractivity contribution is 6.45. The fourth-order valence-electron chi connectivity index (χ4n) is 3.81. The average molecular weight is 399 g/mol. The lowest BCUT2D eigenvalue weighted by atomic mass is 9.98. The van der Waals surface area contributed by atoms with Crippen molar-refractivity contribution in [1.29, 1.82) is 0 Å². The SMILES string of the molecule is CC(=O)C1=NC(c2ccc(C)c(C)c2)=NC1CC(=O)CCc1ccc2c(c1)C=NC2. The Hall–Kier alpha value is -3.21. The van der Waals surface area contributed by atoms with Crippen molar-refractivity contribution in [3.05, 3.63) is 69.8 Å². The molecule has 0 spiro atoms. The van der Waals surface area contributed by atoms with Gasteiger partial charge in [-0.25, -0.2) is 4.99 Å². The van der Waals surface area contributed by atoms with Crippen LogP contribution in [0.1, 0.15) is 53.1 Å². The van der Waals surface area contributed by atoms with E-state index in [1.54, 1.807) is 0 Å². The van der Waals surface area contributed by atoms with Crippen LogP contribution in [0.5, 0.6) is 0 Å². The fourth-order valence-corrected chi connectivity index (χ4v) is 3.81. The van der Waals surface area contributed by atoms with Crippen molar-refractivity contribution in [2.45, 2.75) is 52.6 Å². The summed E-state index contributed by atoms with van der Waals surface area (Å²) >= 11 is 0. The summed E-state index contributed by atoms with van der Waals surface area (Å²) in [6.45, 7) is 6.32. The van der Waals surface area contributed by atoms with Crippen molar-refractivity contribution in [3.63, 3.8) is 0 Å². The molecule has 1 unspecified atom stereocenters. The van der Waals surface area contributed by atoms with Crippen LogP contribution < -0.4 is 0 Å². The Balaban J connectivity index is 1.44. The zero-order chi connectivity index (χ0) is 21.3. The third-order valence-electron chi connectivity index (χ3n) is 5.76. The van der Waals surface area contributed by atoms with Crippen LogP contribution >= 0.6 is 0 Å². The normalized spacial score (nSPS) is 17.0. The first-order chi connectivity index (χ1) is 14.4. The molecule has 0 saturated heterocycles. The molecular weight excluding hydrogens is 374 g/mol. The zero-order valence-corrected chi connectivity index (χ0v) is 17.6. The Kier molecular flexibility index (Phi) is 5.53. The minimum absolute atomic E-state index is 0.0909. The minimum Gasteiger partial charge on any atom is -0.300 e. The molecule has 0 aliphatic carbocycles. The van der Waals surface area contributed by atoms with Crippen LogP contribution in [0.15, 0.2) is 51.4 Å².